The number of aromatic nitrogens is 2. The largest absolute Gasteiger partial charge is 0.473 e. The Bertz CT molecular complexity index is 394. The maximum atomic E-state index is 5.98. The van der Waals surface area contributed by atoms with Gasteiger partial charge in [-0.3, -0.25) is 0 Å². The number of nitrogens with one attached hydrogen (secondary N) is 1. The molecule has 94 valence electrons. The van der Waals surface area contributed by atoms with Crippen LogP contribution in [0.2, 0.25) is 0 Å². The van der Waals surface area contributed by atoms with Gasteiger partial charge >= 0.3 is 0 Å². The molecule has 1 aliphatic carbocycles. The molecular formula is C12H20N4O. The number of nitrogens with zero attached hydrogens (tertiary/aromatic N) is 2. The van der Waals surface area contributed by atoms with Gasteiger partial charge in [0.05, 0.1) is 6.10 Å². The molecule has 5 nitrogen and oxygen atoms in total. The molecule has 3 N–H and O–H groups in total. The lowest BCUT2D eigenvalue weighted by Gasteiger charge is -2.13. The lowest BCUT2D eigenvalue weighted by atomic mass is 10.3. The maximum absolute atomic E-state index is 5.98. The SMILES string of the molecule is CCC1CC1Nc1ncnc(OC(C)C)c1N. The van der Waals surface area contributed by atoms with E-state index in [4.69, 9.17) is 10.5 Å². The molecule has 0 aliphatic heterocycles. The zero-order valence-electron chi connectivity index (χ0n) is 10.6. The van der Waals surface area contributed by atoms with Crippen LogP contribution in [0.3, 0.4) is 0 Å². The van der Waals surface area contributed by atoms with Crippen molar-refractivity contribution in [1.29, 1.82) is 0 Å². The van der Waals surface area contributed by atoms with Crippen molar-refractivity contribution < 1.29 is 4.74 Å². The van der Waals surface area contributed by atoms with Crippen LogP contribution in [0.1, 0.15) is 33.6 Å². The number of rotatable bonds is 5. The third kappa shape index (κ3) is 2.78. The molecule has 0 spiro atoms. The zero-order valence-corrected chi connectivity index (χ0v) is 10.6. The summed E-state index contributed by atoms with van der Waals surface area (Å²) in [5, 5.41) is 3.34. The van der Waals surface area contributed by atoms with Gasteiger partial charge in [-0.1, -0.05) is 13.3 Å². The minimum atomic E-state index is 0.0596. The van der Waals surface area contributed by atoms with Crippen molar-refractivity contribution in [1.82, 2.24) is 9.97 Å². The van der Waals surface area contributed by atoms with Crippen LogP contribution in [0.5, 0.6) is 5.88 Å². The zero-order chi connectivity index (χ0) is 12.4. The summed E-state index contributed by atoms with van der Waals surface area (Å²) in [4.78, 5) is 8.22. The Hall–Kier alpha value is -1.52. The van der Waals surface area contributed by atoms with Crippen LogP contribution >= 0.6 is 0 Å². The first kappa shape index (κ1) is 12.0. The van der Waals surface area contributed by atoms with Gasteiger partial charge < -0.3 is 15.8 Å². The van der Waals surface area contributed by atoms with Crippen LogP contribution < -0.4 is 15.8 Å². The van der Waals surface area contributed by atoms with Crippen LogP contribution in [-0.4, -0.2) is 22.1 Å². The Morgan fingerprint density at radius 3 is 2.88 bits per heavy atom. The smallest absolute Gasteiger partial charge is 0.242 e. The van der Waals surface area contributed by atoms with Crippen molar-refractivity contribution >= 4 is 11.5 Å². The fourth-order valence-corrected chi connectivity index (χ4v) is 1.86. The summed E-state index contributed by atoms with van der Waals surface area (Å²) < 4.78 is 5.52. The molecule has 0 bridgehead atoms. The van der Waals surface area contributed by atoms with E-state index < -0.39 is 0 Å². The summed E-state index contributed by atoms with van der Waals surface area (Å²) in [5.41, 5.74) is 6.48. The highest BCUT2D eigenvalue weighted by Crippen LogP contribution is 2.37. The van der Waals surface area contributed by atoms with Gasteiger partial charge in [-0.2, -0.15) is 4.98 Å². The molecule has 1 saturated carbocycles. The Kier molecular flexibility index (Phi) is 3.36. The van der Waals surface area contributed by atoms with E-state index in [0.717, 1.165) is 5.92 Å². The van der Waals surface area contributed by atoms with Crippen LogP contribution in [0.4, 0.5) is 11.5 Å². The third-order valence-electron chi connectivity index (χ3n) is 2.96. The van der Waals surface area contributed by atoms with Gasteiger partial charge in [0.25, 0.3) is 0 Å². The first-order chi connectivity index (χ1) is 8.11. The fourth-order valence-electron chi connectivity index (χ4n) is 1.86. The van der Waals surface area contributed by atoms with Crippen molar-refractivity contribution in [3.8, 4) is 5.88 Å². The number of nitrogens with two attached hydrogens (primary N) is 1. The van der Waals surface area contributed by atoms with Crippen LogP contribution in [-0.2, 0) is 0 Å². The van der Waals surface area contributed by atoms with Crippen LogP contribution in [0.25, 0.3) is 0 Å². The summed E-state index contributed by atoms with van der Waals surface area (Å²) in [6.07, 6.45) is 3.93. The molecule has 17 heavy (non-hydrogen) atoms. The minimum Gasteiger partial charge on any atom is -0.473 e. The summed E-state index contributed by atoms with van der Waals surface area (Å²) in [6.45, 7) is 6.09. The summed E-state index contributed by atoms with van der Waals surface area (Å²) in [6, 6.07) is 0.504. The van der Waals surface area contributed by atoms with Gasteiger partial charge in [0.1, 0.15) is 12.0 Å². The van der Waals surface area contributed by atoms with Gasteiger partial charge in [-0.15, -0.1) is 0 Å². The molecule has 1 heterocycles. The van der Waals surface area contributed by atoms with Crippen molar-refractivity contribution in [3.05, 3.63) is 6.33 Å². The molecule has 0 saturated heterocycles. The Labute approximate surface area is 102 Å². The molecule has 2 unspecified atom stereocenters. The highest BCUT2D eigenvalue weighted by Gasteiger charge is 2.36. The second-order valence-electron chi connectivity index (χ2n) is 4.76. The topological polar surface area (TPSA) is 73.1 Å². The van der Waals surface area contributed by atoms with E-state index in [2.05, 4.69) is 22.2 Å². The molecule has 1 aliphatic rings. The second-order valence-corrected chi connectivity index (χ2v) is 4.76. The molecule has 1 aromatic heterocycles. The molecule has 1 aromatic rings. The van der Waals surface area contributed by atoms with Gasteiger partial charge in [0.2, 0.25) is 5.88 Å². The molecule has 2 rings (SSSR count). The molecule has 2 atom stereocenters. The van der Waals surface area contributed by atoms with E-state index in [1.54, 1.807) is 0 Å². The van der Waals surface area contributed by atoms with E-state index in [1.807, 2.05) is 13.8 Å². The average Bonchev–Trinajstić information content (AvgIpc) is 3.02. The Morgan fingerprint density at radius 1 is 1.53 bits per heavy atom. The predicted molar refractivity (Wildman–Crippen MR) is 68.0 cm³/mol. The number of hydrogen-bond acceptors (Lipinski definition) is 5. The molecule has 1 fully saturated rings. The highest BCUT2D eigenvalue weighted by molar-refractivity contribution is 5.67. The minimum absolute atomic E-state index is 0.0596. The van der Waals surface area contributed by atoms with Crippen LogP contribution in [0.15, 0.2) is 6.33 Å². The lowest BCUT2D eigenvalue weighted by Crippen LogP contribution is -2.13. The summed E-state index contributed by atoms with van der Waals surface area (Å²) in [5.74, 6) is 1.90. The molecule has 0 radical (unpaired) electrons. The Morgan fingerprint density at radius 2 is 2.29 bits per heavy atom. The molecule has 0 aromatic carbocycles. The monoisotopic (exact) mass is 236 g/mol. The van der Waals surface area contributed by atoms with Gasteiger partial charge in [-0.05, 0) is 26.2 Å². The standard InChI is InChI=1S/C12H20N4O/c1-4-8-5-9(8)16-11-10(13)12(15-6-14-11)17-7(2)3/h6-9H,4-5,13H2,1-3H3,(H,14,15,16). The normalized spacial score (nSPS) is 22.6. The van der Waals surface area contributed by atoms with E-state index in [1.165, 1.54) is 19.2 Å². The number of ether oxygens (including phenoxy) is 1. The second kappa shape index (κ2) is 4.77. The van der Waals surface area contributed by atoms with E-state index >= 15 is 0 Å². The van der Waals surface area contributed by atoms with Gasteiger partial charge in [0, 0.05) is 6.04 Å². The highest BCUT2D eigenvalue weighted by atomic mass is 16.5. The van der Waals surface area contributed by atoms with Crippen molar-refractivity contribution in [2.75, 3.05) is 11.1 Å². The first-order valence-corrected chi connectivity index (χ1v) is 6.15. The summed E-state index contributed by atoms with van der Waals surface area (Å²) in [7, 11) is 0. The predicted octanol–water partition coefficient (Wildman–Crippen LogP) is 2.06. The van der Waals surface area contributed by atoms with Gasteiger partial charge in [0.15, 0.2) is 5.82 Å². The third-order valence-corrected chi connectivity index (χ3v) is 2.96. The van der Waals surface area contributed by atoms with Crippen LogP contribution in [0, 0.1) is 5.92 Å². The number of hydrogen-bond donors (Lipinski definition) is 2. The molecule has 5 heteroatoms. The van der Waals surface area contributed by atoms with E-state index in [0.29, 0.717) is 23.4 Å². The average molecular weight is 236 g/mol. The summed E-state index contributed by atoms with van der Waals surface area (Å²) >= 11 is 0. The Balaban J connectivity index is 2.07. The van der Waals surface area contributed by atoms with Crippen molar-refractivity contribution in [2.24, 2.45) is 5.92 Å². The number of nitrogen functional groups attached to an aromatic ring is 1. The van der Waals surface area contributed by atoms with E-state index in [9.17, 15) is 0 Å². The van der Waals surface area contributed by atoms with Gasteiger partial charge in [-0.25, -0.2) is 4.98 Å². The lowest BCUT2D eigenvalue weighted by molar-refractivity contribution is 0.234. The van der Waals surface area contributed by atoms with Crippen molar-refractivity contribution in [3.63, 3.8) is 0 Å². The van der Waals surface area contributed by atoms with Crippen molar-refractivity contribution in [2.45, 2.75) is 45.8 Å². The number of anilines is 2. The molecule has 0 amide bonds. The first-order valence-electron chi connectivity index (χ1n) is 6.15. The molecular weight excluding hydrogens is 216 g/mol. The van der Waals surface area contributed by atoms with E-state index in [-0.39, 0.29) is 6.10 Å². The fraction of sp³-hybridized carbons (Fsp3) is 0.667. The quantitative estimate of drug-likeness (QED) is 0.818. The maximum Gasteiger partial charge on any atom is 0.242 e.